The predicted octanol–water partition coefficient (Wildman–Crippen LogP) is 8.04. The van der Waals surface area contributed by atoms with Crippen molar-refractivity contribution in [1.82, 2.24) is 0 Å². The van der Waals surface area contributed by atoms with E-state index >= 15 is 0 Å². The van der Waals surface area contributed by atoms with Gasteiger partial charge in [-0.25, -0.2) is 0 Å². The number of hydrogen-bond donors (Lipinski definition) is 0. The molecule has 29 heavy (non-hydrogen) atoms. The van der Waals surface area contributed by atoms with Gasteiger partial charge in [0, 0.05) is 10.8 Å². The Morgan fingerprint density at radius 2 is 1.07 bits per heavy atom. The topological polar surface area (TPSA) is 26.3 Å². The third-order valence-corrected chi connectivity index (χ3v) is 8.01. The van der Waals surface area contributed by atoms with Gasteiger partial charge in [0.15, 0.2) is 0 Å². The van der Waals surface area contributed by atoms with Crippen molar-refractivity contribution in [3.63, 3.8) is 0 Å². The number of rotatable bonds is 1. The van der Waals surface area contributed by atoms with Crippen LogP contribution in [0.25, 0.3) is 27.2 Å². The average molecular weight is 400 g/mol. The van der Waals surface area contributed by atoms with Gasteiger partial charge in [0.1, 0.15) is 11.2 Å². The second kappa shape index (κ2) is 7.11. The first-order chi connectivity index (χ1) is 14.4. The molecule has 2 aliphatic carbocycles. The van der Waals surface area contributed by atoms with Crippen LogP contribution < -0.4 is 0 Å². The molecule has 0 saturated carbocycles. The van der Waals surface area contributed by atoms with Gasteiger partial charge in [-0.3, -0.25) is 0 Å². The van der Waals surface area contributed by atoms with E-state index in [1.807, 2.05) is 6.07 Å². The highest BCUT2D eigenvalue weighted by Gasteiger charge is 2.21. The van der Waals surface area contributed by atoms with Crippen LogP contribution in [0.5, 0.6) is 0 Å². The van der Waals surface area contributed by atoms with Gasteiger partial charge in [0.05, 0.1) is 5.30 Å². The van der Waals surface area contributed by atoms with Crippen molar-refractivity contribution in [2.45, 2.75) is 51.4 Å². The predicted molar refractivity (Wildman–Crippen MR) is 121 cm³/mol. The Labute approximate surface area is 172 Å². The van der Waals surface area contributed by atoms with E-state index in [2.05, 4.69) is 48.5 Å². The SMILES string of the molecule is c1ccc(-p2oc3ccc4c(c3c3c5c(ccc3o2)CCCC5)CCCC4)cc1. The molecule has 6 rings (SSSR count). The summed E-state index contributed by atoms with van der Waals surface area (Å²) in [4.78, 5) is 0. The van der Waals surface area contributed by atoms with Gasteiger partial charge in [0.25, 0.3) is 8.01 Å². The Kier molecular flexibility index (Phi) is 4.27. The lowest BCUT2D eigenvalue weighted by Crippen LogP contribution is -2.05. The van der Waals surface area contributed by atoms with Crippen LogP contribution in [0.1, 0.15) is 47.9 Å². The maximum absolute atomic E-state index is 6.63. The third-order valence-electron chi connectivity index (χ3n) is 6.57. The molecule has 0 fully saturated rings. The Hall–Kier alpha value is -2.44. The van der Waals surface area contributed by atoms with Crippen LogP contribution in [-0.2, 0) is 25.7 Å². The highest BCUT2D eigenvalue weighted by atomic mass is 31.1. The number of hydrogen-bond acceptors (Lipinski definition) is 2. The van der Waals surface area contributed by atoms with E-state index < -0.39 is 8.01 Å². The summed E-state index contributed by atoms with van der Waals surface area (Å²) in [6.45, 7) is 0. The molecule has 0 bridgehead atoms. The van der Waals surface area contributed by atoms with Crippen molar-refractivity contribution >= 4 is 30.0 Å². The molecule has 2 nitrogen and oxygen atoms in total. The lowest BCUT2D eigenvalue weighted by atomic mass is 9.84. The van der Waals surface area contributed by atoms with Gasteiger partial charge in [-0.05, 0) is 97.9 Å². The molecule has 0 aliphatic heterocycles. The fraction of sp³-hybridized carbons (Fsp3) is 0.308. The molecule has 146 valence electrons. The molecule has 3 aromatic carbocycles. The van der Waals surface area contributed by atoms with Crippen molar-refractivity contribution in [3.8, 4) is 5.30 Å². The van der Waals surface area contributed by atoms with E-state index in [0.29, 0.717) is 0 Å². The van der Waals surface area contributed by atoms with E-state index in [9.17, 15) is 0 Å². The van der Waals surface area contributed by atoms with Gasteiger partial charge in [-0.15, -0.1) is 0 Å². The first-order valence-electron chi connectivity index (χ1n) is 10.9. The van der Waals surface area contributed by atoms with E-state index in [1.165, 1.54) is 71.6 Å². The van der Waals surface area contributed by atoms with Crippen LogP contribution in [0.15, 0.2) is 63.0 Å². The van der Waals surface area contributed by atoms with E-state index in [1.54, 1.807) is 0 Å². The zero-order chi connectivity index (χ0) is 19.2. The minimum atomic E-state index is -1.19. The average Bonchev–Trinajstić information content (AvgIpc) is 2.97. The molecule has 0 unspecified atom stereocenters. The quantitative estimate of drug-likeness (QED) is 0.323. The van der Waals surface area contributed by atoms with Crippen LogP contribution in [0.3, 0.4) is 0 Å². The number of fused-ring (bicyclic) bond motifs is 7. The van der Waals surface area contributed by atoms with Gasteiger partial charge in [-0.2, -0.15) is 0 Å². The van der Waals surface area contributed by atoms with Crippen molar-refractivity contribution in [2.24, 2.45) is 0 Å². The molecule has 4 aromatic rings. The summed E-state index contributed by atoms with van der Waals surface area (Å²) in [6, 6.07) is 19.4. The van der Waals surface area contributed by atoms with Crippen LogP contribution >= 0.6 is 8.01 Å². The molecule has 3 heteroatoms. The van der Waals surface area contributed by atoms with Crippen molar-refractivity contribution in [2.75, 3.05) is 0 Å². The molecule has 1 heterocycles. The molecule has 1 aromatic heterocycles. The van der Waals surface area contributed by atoms with Gasteiger partial charge < -0.3 is 8.39 Å². The molecule has 0 atom stereocenters. The summed E-state index contributed by atoms with van der Waals surface area (Å²) in [5, 5.41) is 3.78. The largest absolute Gasteiger partial charge is 0.416 e. The standard InChI is InChI=1S/C26H25O2P/c1-2-10-20(11-3-1)29-27-23-16-14-18-8-4-6-12-21(18)25(23)26-22-13-7-5-9-19(22)15-17-24(26)28-29/h1-3,10-11,14-17H,4-9,12-13H2. The van der Waals surface area contributed by atoms with E-state index in [0.717, 1.165) is 29.3 Å². The molecular formula is C26H25O2P. The lowest BCUT2D eigenvalue weighted by molar-refractivity contribution is 0.647. The normalized spacial score (nSPS) is 15.9. The van der Waals surface area contributed by atoms with Crippen LogP contribution in [-0.4, -0.2) is 0 Å². The number of aryl methyl sites for hydroxylation is 4. The molecule has 2 aliphatic rings. The molecule has 0 radical (unpaired) electrons. The van der Waals surface area contributed by atoms with Crippen LogP contribution in [0.2, 0.25) is 0 Å². The Balaban J connectivity index is 1.80. The van der Waals surface area contributed by atoms with Crippen LogP contribution in [0, 0.1) is 0 Å². The highest BCUT2D eigenvalue weighted by molar-refractivity contribution is 7.45. The zero-order valence-electron chi connectivity index (χ0n) is 16.6. The summed E-state index contributed by atoms with van der Waals surface area (Å²) in [5.41, 5.74) is 8.04. The summed E-state index contributed by atoms with van der Waals surface area (Å²) in [6.07, 6.45) is 9.77. The minimum absolute atomic E-state index is 1.01. The summed E-state index contributed by atoms with van der Waals surface area (Å²) < 4.78 is 13.3. The van der Waals surface area contributed by atoms with Crippen molar-refractivity contribution < 1.29 is 8.39 Å². The zero-order valence-corrected chi connectivity index (χ0v) is 17.5. The van der Waals surface area contributed by atoms with E-state index in [-0.39, 0.29) is 0 Å². The van der Waals surface area contributed by atoms with Crippen LogP contribution in [0.4, 0.5) is 0 Å². The van der Waals surface area contributed by atoms with Gasteiger partial charge >= 0.3 is 0 Å². The summed E-state index contributed by atoms with van der Waals surface area (Å²) >= 11 is 0. The third kappa shape index (κ3) is 2.93. The highest BCUT2D eigenvalue weighted by Crippen LogP contribution is 2.46. The maximum atomic E-state index is 6.63. The Morgan fingerprint density at radius 3 is 1.62 bits per heavy atom. The second-order valence-corrected chi connectivity index (χ2v) is 9.74. The lowest BCUT2D eigenvalue weighted by Gasteiger charge is -2.20. The fourth-order valence-electron chi connectivity index (χ4n) is 5.17. The van der Waals surface area contributed by atoms with Gasteiger partial charge in [-0.1, -0.05) is 30.3 Å². The molecule has 0 saturated heterocycles. The first-order valence-corrected chi connectivity index (χ1v) is 12.1. The molecule has 0 amide bonds. The molecular weight excluding hydrogens is 375 g/mol. The van der Waals surface area contributed by atoms with E-state index in [4.69, 9.17) is 8.39 Å². The van der Waals surface area contributed by atoms with Gasteiger partial charge in [0.2, 0.25) is 0 Å². The Bertz CT molecular complexity index is 1180. The second-order valence-electron chi connectivity index (χ2n) is 8.34. The van der Waals surface area contributed by atoms with Crippen molar-refractivity contribution in [3.05, 3.63) is 76.9 Å². The first kappa shape index (κ1) is 17.4. The maximum Gasteiger partial charge on any atom is 0.252 e. The summed E-state index contributed by atoms with van der Waals surface area (Å²) in [5.74, 6) is 0. The minimum Gasteiger partial charge on any atom is -0.416 e. The molecule has 0 spiro atoms. The Morgan fingerprint density at radius 1 is 0.552 bits per heavy atom. The van der Waals surface area contributed by atoms with Crippen molar-refractivity contribution in [1.29, 1.82) is 0 Å². The number of benzene rings is 3. The summed E-state index contributed by atoms with van der Waals surface area (Å²) in [7, 11) is -1.19. The fourth-order valence-corrected chi connectivity index (χ4v) is 6.49. The molecule has 0 N–H and O–H groups in total. The smallest absolute Gasteiger partial charge is 0.252 e. The monoisotopic (exact) mass is 400 g/mol.